The highest BCUT2D eigenvalue weighted by Gasteiger charge is 2.36. The summed E-state index contributed by atoms with van der Waals surface area (Å²) in [6.45, 7) is 1.17. The standard InChI is InChI=1S/C18H24FNO.ClH/c19-15-10-8-13(9-11-15)18(21)7-3-6-17-16-5-2-1-4-14(16)12-20-17;/h8-11,14,16-17,20H,1-7,12H2;1H. The van der Waals surface area contributed by atoms with Crippen LogP contribution in [0.15, 0.2) is 24.3 Å². The molecule has 22 heavy (non-hydrogen) atoms. The maximum atomic E-state index is 12.8. The topological polar surface area (TPSA) is 29.1 Å². The van der Waals surface area contributed by atoms with Gasteiger partial charge in [0.25, 0.3) is 0 Å². The Kier molecular flexibility index (Phi) is 6.39. The molecule has 1 saturated carbocycles. The number of halogens is 2. The van der Waals surface area contributed by atoms with E-state index in [-0.39, 0.29) is 24.0 Å². The molecule has 1 saturated heterocycles. The summed E-state index contributed by atoms with van der Waals surface area (Å²) in [6.07, 6.45) is 8.08. The van der Waals surface area contributed by atoms with Crippen molar-refractivity contribution in [1.82, 2.24) is 5.32 Å². The highest BCUT2D eigenvalue weighted by molar-refractivity contribution is 5.95. The van der Waals surface area contributed by atoms with Gasteiger partial charge in [-0.1, -0.05) is 12.8 Å². The SMILES string of the molecule is Cl.O=C(CCCC1NCC2CCCCC21)c1ccc(F)cc1. The van der Waals surface area contributed by atoms with Gasteiger partial charge in [0.05, 0.1) is 0 Å². The lowest BCUT2D eigenvalue weighted by atomic mass is 9.77. The average molecular weight is 326 g/mol. The Bertz CT molecular complexity index is 490. The predicted octanol–water partition coefficient (Wildman–Crippen LogP) is 4.38. The van der Waals surface area contributed by atoms with E-state index in [1.165, 1.54) is 44.4 Å². The minimum absolute atomic E-state index is 0. The first-order valence-electron chi connectivity index (χ1n) is 8.26. The van der Waals surface area contributed by atoms with E-state index in [0.29, 0.717) is 18.0 Å². The molecule has 2 fully saturated rings. The lowest BCUT2D eigenvalue weighted by Crippen LogP contribution is -2.28. The van der Waals surface area contributed by atoms with Gasteiger partial charge in [0.2, 0.25) is 0 Å². The fourth-order valence-electron chi connectivity index (χ4n) is 4.05. The normalized spacial score (nSPS) is 27.0. The molecular formula is C18H25ClFNO. The van der Waals surface area contributed by atoms with Gasteiger partial charge in [-0.15, -0.1) is 12.4 Å². The van der Waals surface area contributed by atoms with Crippen molar-refractivity contribution in [2.75, 3.05) is 6.54 Å². The maximum absolute atomic E-state index is 12.8. The first-order chi connectivity index (χ1) is 10.2. The Balaban J connectivity index is 0.00000176. The maximum Gasteiger partial charge on any atom is 0.162 e. The summed E-state index contributed by atoms with van der Waals surface area (Å²) < 4.78 is 12.8. The third kappa shape index (κ3) is 4.08. The molecule has 0 spiro atoms. The summed E-state index contributed by atoms with van der Waals surface area (Å²) in [5.74, 6) is 1.55. The van der Waals surface area contributed by atoms with Gasteiger partial charge >= 0.3 is 0 Å². The highest BCUT2D eigenvalue weighted by atomic mass is 35.5. The first kappa shape index (κ1) is 17.4. The van der Waals surface area contributed by atoms with E-state index >= 15 is 0 Å². The Labute approximate surface area is 138 Å². The molecule has 1 aromatic carbocycles. The van der Waals surface area contributed by atoms with Crippen LogP contribution in [-0.4, -0.2) is 18.4 Å². The molecule has 0 radical (unpaired) electrons. The van der Waals surface area contributed by atoms with Crippen LogP contribution in [0, 0.1) is 17.7 Å². The number of nitrogens with one attached hydrogen (secondary N) is 1. The van der Waals surface area contributed by atoms with E-state index in [2.05, 4.69) is 5.32 Å². The number of fused-ring (bicyclic) bond motifs is 1. The number of rotatable bonds is 5. The zero-order valence-corrected chi connectivity index (χ0v) is 13.7. The van der Waals surface area contributed by atoms with Crippen molar-refractivity contribution < 1.29 is 9.18 Å². The van der Waals surface area contributed by atoms with E-state index in [1.807, 2.05) is 0 Å². The van der Waals surface area contributed by atoms with Crippen LogP contribution in [0.5, 0.6) is 0 Å². The van der Waals surface area contributed by atoms with E-state index < -0.39 is 0 Å². The second kappa shape index (κ2) is 8.07. The highest BCUT2D eigenvalue weighted by Crippen LogP contribution is 2.37. The third-order valence-corrected chi connectivity index (χ3v) is 5.21. The van der Waals surface area contributed by atoms with Crippen molar-refractivity contribution in [3.05, 3.63) is 35.6 Å². The molecule has 0 amide bonds. The Morgan fingerprint density at radius 1 is 1.18 bits per heavy atom. The van der Waals surface area contributed by atoms with Gasteiger partial charge in [-0.3, -0.25) is 4.79 Å². The molecule has 1 heterocycles. The van der Waals surface area contributed by atoms with Crippen LogP contribution in [0.4, 0.5) is 4.39 Å². The summed E-state index contributed by atoms with van der Waals surface area (Å²) in [5.41, 5.74) is 0.631. The molecule has 2 nitrogen and oxygen atoms in total. The number of hydrogen-bond acceptors (Lipinski definition) is 2. The number of Topliss-reactive ketones (excluding diaryl/α,β-unsaturated/α-hetero) is 1. The molecule has 3 unspecified atom stereocenters. The number of hydrogen-bond donors (Lipinski definition) is 1. The Morgan fingerprint density at radius 2 is 1.91 bits per heavy atom. The number of ketones is 1. The first-order valence-corrected chi connectivity index (χ1v) is 8.26. The average Bonchev–Trinajstić information content (AvgIpc) is 2.91. The summed E-state index contributed by atoms with van der Waals surface area (Å²) in [4.78, 5) is 12.1. The van der Waals surface area contributed by atoms with Gasteiger partial charge in [0.1, 0.15) is 5.82 Å². The van der Waals surface area contributed by atoms with Gasteiger partial charge in [0, 0.05) is 18.0 Å². The minimum atomic E-state index is -0.287. The van der Waals surface area contributed by atoms with Crippen molar-refractivity contribution in [2.45, 2.75) is 51.0 Å². The van der Waals surface area contributed by atoms with Gasteiger partial charge in [-0.2, -0.15) is 0 Å². The number of carbonyl (C=O) groups is 1. The number of benzene rings is 1. The second-order valence-corrected chi connectivity index (χ2v) is 6.55. The van der Waals surface area contributed by atoms with Crippen molar-refractivity contribution in [1.29, 1.82) is 0 Å². The van der Waals surface area contributed by atoms with Gasteiger partial charge in [-0.05, 0) is 68.3 Å². The van der Waals surface area contributed by atoms with Crippen LogP contribution in [-0.2, 0) is 0 Å². The molecule has 0 aromatic heterocycles. The quantitative estimate of drug-likeness (QED) is 0.814. The lowest BCUT2D eigenvalue weighted by Gasteiger charge is -2.28. The molecule has 3 atom stereocenters. The predicted molar refractivity (Wildman–Crippen MR) is 89.1 cm³/mol. The van der Waals surface area contributed by atoms with Crippen LogP contribution in [0.2, 0.25) is 0 Å². The summed E-state index contributed by atoms with van der Waals surface area (Å²) in [7, 11) is 0. The third-order valence-electron chi connectivity index (χ3n) is 5.21. The van der Waals surface area contributed by atoms with Gasteiger partial charge in [-0.25, -0.2) is 4.39 Å². The lowest BCUT2D eigenvalue weighted by molar-refractivity contribution is 0.0977. The van der Waals surface area contributed by atoms with Crippen LogP contribution in [0.3, 0.4) is 0 Å². The Hall–Kier alpha value is -0.930. The van der Waals surface area contributed by atoms with Crippen molar-refractivity contribution in [3.63, 3.8) is 0 Å². The Morgan fingerprint density at radius 3 is 2.68 bits per heavy atom. The van der Waals surface area contributed by atoms with Crippen LogP contribution in [0.1, 0.15) is 55.3 Å². The number of carbonyl (C=O) groups excluding carboxylic acids is 1. The summed E-state index contributed by atoms with van der Waals surface area (Å²) in [5, 5.41) is 3.66. The largest absolute Gasteiger partial charge is 0.313 e. The van der Waals surface area contributed by atoms with E-state index in [0.717, 1.165) is 24.7 Å². The summed E-state index contributed by atoms with van der Waals surface area (Å²) >= 11 is 0. The molecule has 2 aliphatic rings. The molecule has 122 valence electrons. The molecule has 1 aliphatic carbocycles. The molecule has 0 bridgehead atoms. The molecule has 4 heteroatoms. The van der Waals surface area contributed by atoms with Gasteiger partial charge in [0.15, 0.2) is 5.78 Å². The van der Waals surface area contributed by atoms with Crippen LogP contribution < -0.4 is 5.32 Å². The second-order valence-electron chi connectivity index (χ2n) is 6.55. The molecular weight excluding hydrogens is 301 g/mol. The monoisotopic (exact) mass is 325 g/mol. The molecule has 1 N–H and O–H groups in total. The van der Waals surface area contributed by atoms with Gasteiger partial charge < -0.3 is 5.32 Å². The van der Waals surface area contributed by atoms with Crippen LogP contribution >= 0.6 is 12.4 Å². The zero-order valence-electron chi connectivity index (χ0n) is 12.9. The fraction of sp³-hybridized carbons (Fsp3) is 0.611. The van der Waals surface area contributed by atoms with E-state index in [9.17, 15) is 9.18 Å². The molecule has 1 aliphatic heterocycles. The molecule has 3 rings (SSSR count). The smallest absolute Gasteiger partial charge is 0.162 e. The zero-order chi connectivity index (χ0) is 14.7. The summed E-state index contributed by atoms with van der Waals surface area (Å²) in [6, 6.07) is 6.50. The van der Waals surface area contributed by atoms with Crippen molar-refractivity contribution in [3.8, 4) is 0 Å². The van der Waals surface area contributed by atoms with E-state index in [1.54, 1.807) is 12.1 Å². The minimum Gasteiger partial charge on any atom is -0.313 e. The van der Waals surface area contributed by atoms with Crippen molar-refractivity contribution in [2.24, 2.45) is 11.8 Å². The fourth-order valence-corrected chi connectivity index (χ4v) is 4.05. The van der Waals surface area contributed by atoms with Crippen LogP contribution in [0.25, 0.3) is 0 Å². The van der Waals surface area contributed by atoms with E-state index in [4.69, 9.17) is 0 Å². The molecule has 1 aromatic rings. The van der Waals surface area contributed by atoms with Crippen molar-refractivity contribution >= 4 is 18.2 Å².